The molecule has 1 N–H and O–H groups in total. The second-order valence-electron chi connectivity index (χ2n) is 4.31. The number of rotatable bonds is 4. The number of hydrogen-bond donors (Lipinski definition) is 1. The Morgan fingerprint density at radius 2 is 2.21 bits per heavy atom. The van der Waals surface area contributed by atoms with Crippen LogP contribution in [-0.2, 0) is 6.42 Å². The molecule has 1 heterocycles. The molecular formula is C14H14BrNO3. The fourth-order valence-electron chi connectivity index (χ4n) is 1.91. The molecule has 4 nitrogen and oxygen atoms in total. The molecule has 0 saturated heterocycles. The maximum atomic E-state index is 11.1. The molecular weight excluding hydrogens is 310 g/mol. The molecule has 1 aromatic carbocycles. The van der Waals surface area contributed by atoms with Crippen LogP contribution in [0.15, 0.2) is 27.1 Å². The van der Waals surface area contributed by atoms with E-state index in [-0.39, 0.29) is 5.76 Å². The van der Waals surface area contributed by atoms with Crippen LogP contribution in [0.1, 0.15) is 35.2 Å². The second kappa shape index (κ2) is 5.57. The molecule has 0 bridgehead atoms. The molecule has 5 heteroatoms. The number of halogens is 1. The van der Waals surface area contributed by atoms with Crippen LogP contribution >= 0.6 is 15.9 Å². The van der Waals surface area contributed by atoms with Gasteiger partial charge < -0.3 is 9.52 Å². The smallest absolute Gasteiger partial charge is 0.373 e. The van der Waals surface area contributed by atoms with Crippen LogP contribution in [0.5, 0.6) is 0 Å². The average molecular weight is 324 g/mol. The first kappa shape index (κ1) is 13.8. The third kappa shape index (κ3) is 2.87. The van der Waals surface area contributed by atoms with Crippen molar-refractivity contribution < 1.29 is 14.3 Å². The van der Waals surface area contributed by atoms with E-state index in [1.807, 2.05) is 32.0 Å². The number of benzene rings is 1. The van der Waals surface area contributed by atoms with Crippen molar-refractivity contribution in [2.75, 3.05) is 0 Å². The van der Waals surface area contributed by atoms with Gasteiger partial charge in [-0.1, -0.05) is 29.3 Å². The fraction of sp³-hybridized carbons (Fsp3) is 0.286. The molecule has 1 aromatic heterocycles. The summed E-state index contributed by atoms with van der Waals surface area (Å²) in [6, 6.07) is 5.69. The van der Waals surface area contributed by atoms with E-state index in [1.165, 1.54) is 0 Å². The number of aromatic carboxylic acids is 1. The van der Waals surface area contributed by atoms with E-state index >= 15 is 0 Å². The topological polar surface area (TPSA) is 63.3 Å². The predicted octanol–water partition coefficient (Wildman–Crippen LogP) is 4.06. The Labute approximate surface area is 119 Å². The van der Waals surface area contributed by atoms with Gasteiger partial charge in [0.15, 0.2) is 0 Å². The maximum Gasteiger partial charge on any atom is 0.373 e. The number of carboxylic acid groups (broad SMARTS) is 1. The number of carboxylic acids is 1. The normalized spacial score (nSPS) is 10.7. The Kier molecular flexibility index (Phi) is 4.04. The van der Waals surface area contributed by atoms with E-state index in [2.05, 4.69) is 20.9 Å². The quantitative estimate of drug-likeness (QED) is 0.921. The van der Waals surface area contributed by atoms with Crippen molar-refractivity contribution in [2.45, 2.75) is 26.7 Å². The highest BCUT2D eigenvalue weighted by molar-refractivity contribution is 9.10. The van der Waals surface area contributed by atoms with Crippen LogP contribution in [0.2, 0.25) is 0 Å². The van der Waals surface area contributed by atoms with E-state index in [1.54, 1.807) is 0 Å². The summed E-state index contributed by atoms with van der Waals surface area (Å²) < 4.78 is 6.37. The van der Waals surface area contributed by atoms with Crippen LogP contribution in [0.3, 0.4) is 0 Å². The Hall–Kier alpha value is -1.62. The average Bonchev–Trinajstić information content (AvgIpc) is 2.73. The van der Waals surface area contributed by atoms with Gasteiger partial charge in [0.25, 0.3) is 0 Å². The lowest BCUT2D eigenvalue weighted by atomic mass is 10.1. The van der Waals surface area contributed by atoms with Gasteiger partial charge in [0.05, 0.1) is 5.69 Å². The molecule has 0 aliphatic heterocycles. The molecule has 19 heavy (non-hydrogen) atoms. The van der Waals surface area contributed by atoms with E-state index in [0.29, 0.717) is 18.0 Å². The van der Waals surface area contributed by atoms with E-state index in [0.717, 1.165) is 22.0 Å². The zero-order valence-corrected chi connectivity index (χ0v) is 12.3. The minimum atomic E-state index is -1.07. The van der Waals surface area contributed by atoms with E-state index < -0.39 is 5.97 Å². The van der Waals surface area contributed by atoms with Gasteiger partial charge in [-0.3, -0.25) is 0 Å². The summed E-state index contributed by atoms with van der Waals surface area (Å²) in [6.07, 6.45) is 1.42. The van der Waals surface area contributed by atoms with Crippen LogP contribution in [-0.4, -0.2) is 16.1 Å². The first-order valence-electron chi connectivity index (χ1n) is 6.02. The lowest BCUT2D eigenvalue weighted by Crippen LogP contribution is -1.99. The zero-order valence-electron chi connectivity index (χ0n) is 10.7. The summed E-state index contributed by atoms with van der Waals surface area (Å²) in [7, 11) is 0. The molecule has 0 aliphatic carbocycles. The number of aryl methyl sites for hydroxylation is 2. The van der Waals surface area contributed by atoms with Gasteiger partial charge in [0, 0.05) is 10.0 Å². The van der Waals surface area contributed by atoms with Gasteiger partial charge in [-0.2, -0.15) is 0 Å². The SMILES string of the molecule is CCCc1nc(-c2ccc(Br)cc2C)oc1C(=O)O. The highest BCUT2D eigenvalue weighted by atomic mass is 79.9. The number of hydrogen-bond acceptors (Lipinski definition) is 3. The molecule has 0 unspecified atom stereocenters. The second-order valence-corrected chi connectivity index (χ2v) is 5.22. The first-order chi connectivity index (χ1) is 9.02. The van der Waals surface area contributed by atoms with Crippen LogP contribution < -0.4 is 0 Å². The standard InChI is InChI=1S/C14H14BrNO3/c1-3-4-11-12(14(17)18)19-13(16-11)10-6-5-9(15)7-8(10)2/h5-7H,3-4H2,1-2H3,(H,17,18). The Morgan fingerprint density at radius 3 is 2.79 bits per heavy atom. The largest absolute Gasteiger partial charge is 0.475 e. The minimum absolute atomic E-state index is 0.0563. The van der Waals surface area contributed by atoms with Crippen molar-refractivity contribution in [3.8, 4) is 11.5 Å². The highest BCUT2D eigenvalue weighted by Gasteiger charge is 2.20. The summed E-state index contributed by atoms with van der Waals surface area (Å²) in [5.74, 6) is -0.762. The molecule has 0 spiro atoms. The van der Waals surface area contributed by atoms with Gasteiger partial charge in [0.1, 0.15) is 0 Å². The fourth-order valence-corrected chi connectivity index (χ4v) is 2.38. The summed E-state index contributed by atoms with van der Waals surface area (Å²) in [4.78, 5) is 15.5. The maximum absolute atomic E-state index is 11.1. The summed E-state index contributed by atoms with van der Waals surface area (Å²) in [6.45, 7) is 3.91. The summed E-state index contributed by atoms with van der Waals surface area (Å²) >= 11 is 3.39. The van der Waals surface area contributed by atoms with Gasteiger partial charge in [0.2, 0.25) is 11.7 Å². The lowest BCUT2D eigenvalue weighted by molar-refractivity contribution is 0.0661. The molecule has 0 radical (unpaired) electrons. The Bertz CT molecular complexity index is 619. The zero-order chi connectivity index (χ0) is 14.0. The van der Waals surface area contributed by atoms with Crippen LogP contribution in [0.4, 0.5) is 0 Å². The first-order valence-corrected chi connectivity index (χ1v) is 6.81. The third-order valence-corrected chi connectivity index (χ3v) is 3.29. The molecule has 0 amide bonds. The predicted molar refractivity (Wildman–Crippen MR) is 75.3 cm³/mol. The van der Waals surface area contributed by atoms with Gasteiger partial charge in [-0.05, 0) is 37.1 Å². The molecule has 0 aliphatic rings. The van der Waals surface area contributed by atoms with E-state index in [4.69, 9.17) is 9.52 Å². The van der Waals surface area contributed by atoms with Crippen molar-refractivity contribution >= 4 is 21.9 Å². The Balaban J connectivity index is 2.50. The number of aromatic nitrogens is 1. The number of carbonyl (C=O) groups is 1. The molecule has 0 atom stereocenters. The van der Waals surface area contributed by atoms with Crippen molar-refractivity contribution in [1.82, 2.24) is 4.98 Å². The lowest BCUT2D eigenvalue weighted by Gasteiger charge is -2.01. The van der Waals surface area contributed by atoms with Crippen LogP contribution in [0.25, 0.3) is 11.5 Å². The van der Waals surface area contributed by atoms with Gasteiger partial charge in [-0.25, -0.2) is 9.78 Å². The Morgan fingerprint density at radius 1 is 1.47 bits per heavy atom. The number of nitrogens with zero attached hydrogens (tertiary/aromatic N) is 1. The molecule has 2 rings (SSSR count). The van der Waals surface area contributed by atoms with E-state index in [9.17, 15) is 4.79 Å². The van der Waals surface area contributed by atoms with Crippen molar-refractivity contribution in [3.05, 3.63) is 39.7 Å². The van der Waals surface area contributed by atoms with Crippen molar-refractivity contribution in [1.29, 1.82) is 0 Å². The van der Waals surface area contributed by atoms with Crippen molar-refractivity contribution in [3.63, 3.8) is 0 Å². The highest BCUT2D eigenvalue weighted by Crippen LogP contribution is 2.27. The monoisotopic (exact) mass is 323 g/mol. The van der Waals surface area contributed by atoms with Gasteiger partial charge in [-0.15, -0.1) is 0 Å². The van der Waals surface area contributed by atoms with Crippen LogP contribution in [0, 0.1) is 6.92 Å². The van der Waals surface area contributed by atoms with Gasteiger partial charge >= 0.3 is 5.97 Å². The summed E-state index contributed by atoms with van der Waals surface area (Å²) in [5, 5.41) is 9.12. The molecule has 0 fully saturated rings. The summed E-state index contributed by atoms with van der Waals surface area (Å²) in [5.41, 5.74) is 2.30. The molecule has 0 saturated carbocycles. The minimum Gasteiger partial charge on any atom is -0.475 e. The molecule has 100 valence electrons. The third-order valence-electron chi connectivity index (χ3n) is 2.80. The molecule has 2 aromatic rings. The van der Waals surface area contributed by atoms with Crippen molar-refractivity contribution in [2.24, 2.45) is 0 Å². The number of oxazole rings is 1.